The molecule has 2 rings (SSSR count). The maximum absolute atomic E-state index is 5.96. The van der Waals surface area contributed by atoms with E-state index < -0.39 is 0 Å². The molecule has 0 aliphatic carbocycles. The average Bonchev–Trinajstić information content (AvgIpc) is 2.78. The molecule has 0 unspecified atom stereocenters. The summed E-state index contributed by atoms with van der Waals surface area (Å²) in [5, 5.41) is 3.27. The number of para-hydroxylation sites is 1. The second-order valence-corrected chi connectivity index (χ2v) is 6.60. The van der Waals surface area contributed by atoms with Gasteiger partial charge in [-0.15, -0.1) is 11.3 Å². The number of nitrogens with zero attached hydrogens (tertiary/aromatic N) is 1. The summed E-state index contributed by atoms with van der Waals surface area (Å²) >= 11 is 3.66. The monoisotopic (exact) mass is 278 g/mol. The fraction of sp³-hybridized carbons (Fsp3) is 0.357. The highest BCUT2D eigenvalue weighted by atomic mass is 32.2. The van der Waals surface area contributed by atoms with E-state index in [0.29, 0.717) is 0 Å². The van der Waals surface area contributed by atoms with E-state index >= 15 is 0 Å². The molecule has 2 aromatic rings. The number of nitrogens with two attached hydrogens (primary N) is 1. The van der Waals surface area contributed by atoms with Gasteiger partial charge < -0.3 is 5.73 Å². The standard InChI is InChI=1S/C14H18N2S2/c1-10(2)7-17-9-14-16-13(8-18-14)11-5-3-4-6-12(11)15/h3-6,8,10H,7,9,15H2,1-2H3. The molecule has 18 heavy (non-hydrogen) atoms. The Kier molecular flexibility index (Phi) is 4.66. The molecule has 1 aromatic carbocycles. The normalized spacial score (nSPS) is 11.1. The van der Waals surface area contributed by atoms with E-state index in [2.05, 4.69) is 24.2 Å². The van der Waals surface area contributed by atoms with Gasteiger partial charge in [-0.05, 0) is 17.7 Å². The lowest BCUT2D eigenvalue weighted by molar-refractivity contribution is 0.750. The second kappa shape index (κ2) is 6.25. The van der Waals surface area contributed by atoms with Crippen LogP contribution in [0.2, 0.25) is 0 Å². The first-order chi connectivity index (χ1) is 8.66. The maximum Gasteiger partial charge on any atom is 0.103 e. The lowest BCUT2D eigenvalue weighted by Gasteiger charge is -2.02. The summed E-state index contributed by atoms with van der Waals surface area (Å²) in [6, 6.07) is 7.89. The van der Waals surface area contributed by atoms with Crippen LogP contribution in [-0.4, -0.2) is 10.7 Å². The fourth-order valence-corrected chi connectivity index (χ4v) is 3.54. The number of hydrogen-bond donors (Lipinski definition) is 1. The topological polar surface area (TPSA) is 38.9 Å². The van der Waals surface area contributed by atoms with Crippen molar-refractivity contribution >= 4 is 28.8 Å². The van der Waals surface area contributed by atoms with Crippen molar-refractivity contribution in [1.82, 2.24) is 4.98 Å². The van der Waals surface area contributed by atoms with Crippen LogP contribution in [0.5, 0.6) is 0 Å². The zero-order chi connectivity index (χ0) is 13.0. The number of thiazole rings is 1. The second-order valence-electron chi connectivity index (χ2n) is 4.62. The van der Waals surface area contributed by atoms with Crippen LogP contribution in [0.3, 0.4) is 0 Å². The predicted octanol–water partition coefficient (Wildman–Crippen LogP) is 4.28. The van der Waals surface area contributed by atoms with E-state index in [4.69, 9.17) is 5.73 Å². The van der Waals surface area contributed by atoms with Crippen LogP contribution < -0.4 is 5.73 Å². The molecule has 0 atom stereocenters. The predicted molar refractivity (Wildman–Crippen MR) is 83.0 cm³/mol. The molecular formula is C14H18N2S2. The quantitative estimate of drug-likeness (QED) is 0.830. The van der Waals surface area contributed by atoms with Crippen molar-refractivity contribution in [3.05, 3.63) is 34.7 Å². The Hall–Kier alpha value is -1.00. The minimum atomic E-state index is 0.735. The highest BCUT2D eigenvalue weighted by molar-refractivity contribution is 7.98. The van der Waals surface area contributed by atoms with Gasteiger partial charge in [0, 0.05) is 22.4 Å². The molecule has 2 nitrogen and oxygen atoms in total. The van der Waals surface area contributed by atoms with Gasteiger partial charge >= 0.3 is 0 Å². The van der Waals surface area contributed by atoms with Gasteiger partial charge in [-0.3, -0.25) is 0 Å². The Balaban J connectivity index is 2.04. The van der Waals surface area contributed by atoms with Crippen LogP contribution >= 0.6 is 23.1 Å². The first-order valence-corrected chi connectivity index (χ1v) is 8.07. The molecule has 0 spiro atoms. The number of nitrogen functional groups attached to an aromatic ring is 1. The van der Waals surface area contributed by atoms with E-state index in [-0.39, 0.29) is 0 Å². The van der Waals surface area contributed by atoms with Crippen molar-refractivity contribution in [2.45, 2.75) is 19.6 Å². The number of aromatic nitrogens is 1. The van der Waals surface area contributed by atoms with Crippen molar-refractivity contribution in [2.75, 3.05) is 11.5 Å². The molecule has 0 saturated heterocycles. The SMILES string of the molecule is CC(C)CSCc1nc(-c2ccccc2N)cs1. The van der Waals surface area contributed by atoms with Gasteiger partial charge in [-0.2, -0.15) is 11.8 Å². The number of hydrogen-bond acceptors (Lipinski definition) is 4. The first kappa shape index (κ1) is 13.4. The largest absolute Gasteiger partial charge is 0.398 e. The lowest BCUT2D eigenvalue weighted by atomic mass is 10.1. The van der Waals surface area contributed by atoms with Crippen molar-refractivity contribution in [3.63, 3.8) is 0 Å². The molecular weight excluding hydrogens is 260 g/mol. The third-order valence-corrected chi connectivity index (χ3v) is 4.88. The third kappa shape index (κ3) is 3.50. The third-order valence-electron chi connectivity index (χ3n) is 2.47. The summed E-state index contributed by atoms with van der Waals surface area (Å²) in [6.45, 7) is 4.48. The van der Waals surface area contributed by atoms with Crippen molar-refractivity contribution in [1.29, 1.82) is 0 Å². The van der Waals surface area contributed by atoms with Crippen LogP contribution in [0.25, 0.3) is 11.3 Å². The fourth-order valence-electron chi connectivity index (χ4n) is 1.61. The molecule has 0 radical (unpaired) electrons. The van der Waals surface area contributed by atoms with Crippen LogP contribution in [0.4, 0.5) is 5.69 Å². The van der Waals surface area contributed by atoms with E-state index in [1.54, 1.807) is 11.3 Å². The van der Waals surface area contributed by atoms with E-state index in [1.165, 1.54) is 10.8 Å². The van der Waals surface area contributed by atoms with Crippen molar-refractivity contribution < 1.29 is 0 Å². The van der Waals surface area contributed by atoms with Crippen LogP contribution in [-0.2, 0) is 5.75 Å². The van der Waals surface area contributed by atoms with Gasteiger partial charge in [0.05, 0.1) is 5.69 Å². The number of rotatable bonds is 5. The van der Waals surface area contributed by atoms with Gasteiger partial charge in [0.25, 0.3) is 0 Å². The van der Waals surface area contributed by atoms with Gasteiger partial charge in [0.1, 0.15) is 5.01 Å². The zero-order valence-electron chi connectivity index (χ0n) is 10.7. The smallest absolute Gasteiger partial charge is 0.103 e. The Bertz CT molecular complexity index is 506. The summed E-state index contributed by atoms with van der Waals surface area (Å²) in [4.78, 5) is 4.66. The maximum atomic E-state index is 5.96. The van der Waals surface area contributed by atoms with Crippen LogP contribution in [0.1, 0.15) is 18.9 Å². The molecule has 0 saturated carbocycles. The van der Waals surface area contributed by atoms with E-state index in [1.807, 2.05) is 36.0 Å². The van der Waals surface area contributed by atoms with Crippen molar-refractivity contribution in [2.24, 2.45) is 5.92 Å². The minimum Gasteiger partial charge on any atom is -0.398 e. The van der Waals surface area contributed by atoms with Gasteiger partial charge in [0.15, 0.2) is 0 Å². The van der Waals surface area contributed by atoms with Gasteiger partial charge in [-0.25, -0.2) is 4.98 Å². The molecule has 0 aliphatic rings. The summed E-state index contributed by atoms with van der Waals surface area (Å²) in [6.07, 6.45) is 0. The molecule has 0 aliphatic heterocycles. The van der Waals surface area contributed by atoms with Gasteiger partial charge in [-0.1, -0.05) is 32.0 Å². The van der Waals surface area contributed by atoms with Crippen molar-refractivity contribution in [3.8, 4) is 11.3 Å². The molecule has 1 heterocycles. The highest BCUT2D eigenvalue weighted by Gasteiger charge is 2.07. The molecule has 0 amide bonds. The van der Waals surface area contributed by atoms with Crippen LogP contribution in [0.15, 0.2) is 29.6 Å². The highest BCUT2D eigenvalue weighted by Crippen LogP contribution is 2.28. The molecule has 1 aromatic heterocycles. The molecule has 4 heteroatoms. The summed E-state index contributed by atoms with van der Waals surface area (Å²) in [7, 11) is 0. The Morgan fingerprint density at radius 3 is 2.83 bits per heavy atom. The van der Waals surface area contributed by atoms with E-state index in [9.17, 15) is 0 Å². The molecule has 96 valence electrons. The minimum absolute atomic E-state index is 0.735. The van der Waals surface area contributed by atoms with Crippen LogP contribution in [0, 0.1) is 5.92 Å². The molecule has 0 bridgehead atoms. The molecule has 2 N–H and O–H groups in total. The lowest BCUT2D eigenvalue weighted by Crippen LogP contribution is -1.92. The summed E-state index contributed by atoms with van der Waals surface area (Å²) < 4.78 is 0. The zero-order valence-corrected chi connectivity index (χ0v) is 12.4. The number of benzene rings is 1. The van der Waals surface area contributed by atoms with E-state index in [0.717, 1.165) is 28.6 Å². The summed E-state index contributed by atoms with van der Waals surface area (Å²) in [5.41, 5.74) is 8.79. The van der Waals surface area contributed by atoms with Gasteiger partial charge in [0.2, 0.25) is 0 Å². The Morgan fingerprint density at radius 2 is 2.11 bits per heavy atom. The first-order valence-electron chi connectivity index (χ1n) is 6.04. The Labute approximate surface area is 117 Å². The number of thioether (sulfide) groups is 1. The average molecular weight is 278 g/mol. The summed E-state index contributed by atoms with van der Waals surface area (Å²) in [5.74, 6) is 2.91. The number of anilines is 1. The Morgan fingerprint density at radius 1 is 1.33 bits per heavy atom. The molecule has 0 fully saturated rings.